The van der Waals surface area contributed by atoms with E-state index in [-0.39, 0.29) is 35.6 Å². The Morgan fingerprint density at radius 2 is 1.74 bits per heavy atom. The van der Waals surface area contributed by atoms with Crippen LogP contribution in [0.15, 0.2) is 30.3 Å². The van der Waals surface area contributed by atoms with Crippen molar-refractivity contribution in [2.24, 2.45) is 5.92 Å². The number of thioether (sulfide) groups is 1. The minimum absolute atomic E-state index is 0.0743. The van der Waals surface area contributed by atoms with Crippen LogP contribution in [0.5, 0.6) is 0 Å². The standard InChI is InChI=1S/C21H30N6O3S/c1-14-22-18-17(20(29)25(3)21(30)24(18)2)19(23-14)31-13-16(28)27-11-9-26(10-12-27)15-7-5-4-6-8-15/h4-8,14,17-19,22-23H,9-13H2,1-3H3. The molecule has 4 unspecified atom stereocenters. The van der Waals surface area contributed by atoms with E-state index < -0.39 is 5.92 Å². The maximum absolute atomic E-state index is 12.9. The molecule has 0 spiro atoms. The number of rotatable bonds is 4. The first-order valence-electron chi connectivity index (χ1n) is 10.6. The number of nitrogens with one attached hydrogen (secondary N) is 2. The van der Waals surface area contributed by atoms with Gasteiger partial charge < -0.3 is 14.7 Å². The zero-order valence-corrected chi connectivity index (χ0v) is 19.0. The lowest BCUT2D eigenvalue weighted by molar-refractivity contribution is -0.140. The largest absolute Gasteiger partial charge is 0.368 e. The Morgan fingerprint density at radius 3 is 2.42 bits per heavy atom. The molecule has 1 aromatic rings. The van der Waals surface area contributed by atoms with E-state index >= 15 is 0 Å². The van der Waals surface area contributed by atoms with Gasteiger partial charge in [-0.25, -0.2) is 4.79 Å². The van der Waals surface area contributed by atoms with Crippen molar-refractivity contribution in [3.05, 3.63) is 30.3 Å². The summed E-state index contributed by atoms with van der Waals surface area (Å²) >= 11 is 1.45. The third kappa shape index (κ3) is 4.37. The lowest BCUT2D eigenvalue weighted by Gasteiger charge is -2.49. The monoisotopic (exact) mass is 446 g/mol. The first-order valence-corrected chi connectivity index (χ1v) is 11.7. The predicted molar refractivity (Wildman–Crippen MR) is 120 cm³/mol. The number of urea groups is 1. The lowest BCUT2D eigenvalue weighted by atomic mass is 9.97. The molecule has 4 rings (SSSR count). The summed E-state index contributed by atoms with van der Waals surface area (Å²) in [4.78, 5) is 44.9. The highest BCUT2D eigenvalue weighted by Gasteiger charge is 2.50. The molecule has 0 saturated carbocycles. The number of carbonyl (C=O) groups is 3. The summed E-state index contributed by atoms with van der Waals surface area (Å²) in [5, 5.41) is 6.41. The summed E-state index contributed by atoms with van der Waals surface area (Å²) in [5.74, 6) is -0.283. The molecular formula is C21H30N6O3S. The number of nitrogens with zero attached hydrogens (tertiary/aromatic N) is 4. The highest BCUT2D eigenvalue weighted by atomic mass is 32.2. The van der Waals surface area contributed by atoms with Crippen LogP contribution < -0.4 is 15.5 Å². The number of para-hydroxylation sites is 1. The topological polar surface area (TPSA) is 88.2 Å². The zero-order chi connectivity index (χ0) is 22.1. The molecule has 3 saturated heterocycles. The minimum atomic E-state index is -0.448. The molecule has 9 nitrogen and oxygen atoms in total. The Balaban J connectivity index is 1.34. The van der Waals surface area contributed by atoms with Gasteiger partial charge in [0.15, 0.2) is 0 Å². The van der Waals surface area contributed by atoms with Crippen LogP contribution in [0.3, 0.4) is 0 Å². The normalized spacial score (nSPS) is 29.3. The van der Waals surface area contributed by atoms with E-state index in [4.69, 9.17) is 0 Å². The number of hydrogen-bond acceptors (Lipinski definition) is 7. The van der Waals surface area contributed by atoms with Gasteiger partial charge >= 0.3 is 6.03 Å². The number of fused-ring (bicyclic) bond motifs is 1. The van der Waals surface area contributed by atoms with Crippen molar-refractivity contribution in [2.45, 2.75) is 24.6 Å². The van der Waals surface area contributed by atoms with Crippen LogP contribution >= 0.6 is 11.8 Å². The molecule has 4 atom stereocenters. The molecule has 168 valence electrons. The molecule has 3 aliphatic rings. The number of anilines is 1. The van der Waals surface area contributed by atoms with Crippen molar-refractivity contribution in [3.63, 3.8) is 0 Å². The van der Waals surface area contributed by atoms with Crippen LogP contribution in [0.25, 0.3) is 0 Å². The minimum Gasteiger partial charge on any atom is -0.368 e. The molecule has 2 N–H and O–H groups in total. The van der Waals surface area contributed by atoms with Crippen molar-refractivity contribution >= 4 is 35.3 Å². The average molecular weight is 447 g/mol. The van der Waals surface area contributed by atoms with Gasteiger partial charge in [-0.05, 0) is 19.1 Å². The number of piperazine rings is 1. The fourth-order valence-electron chi connectivity index (χ4n) is 4.47. The maximum Gasteiger partial charge on any atom is 0.327 e. The van der Waals surface area contributed by atoms with Crippen LogP contribution in [0.2, 0.25) is 0 Å². The van der Waals surface area contributed by atoms with Crippen molar-refractivity contribution in [2.75, 3.05) is 50.9 Å². The smallest absolute Gasteiger partial charge is 0.327 e. The molecule has 0 bridgehead atoms. The number of hydrogen-bond donors (Lipinski definition) is 2. The zero-order valence-electron chi connectivity index (χ0n) is 18.2. The van der Waals surface area contributed by atoms with Gasteiger partial charge in [-0.2, -0.15) is 0 Å². The third-order valence-corrected chi connectivity index (χ3v) is 7.47. The molecule has 1 aromatic carbocycles. The maximum atomic E-state index is 12.9. The second-order valence-electron chi connectivity index (χ2n) is 8.25. The van der Waals surface area contributed by atoms with Gasteiger partial charge in [0.05, 0.1) is 29.4 Å². The van der Waals surface area contributed by atoms with Gasteiger partial charge in [0.2, 0.25) is 11.8 Å². The van der Waals surface area contributed by atoms with Crippen LogP contribution in [0, 0.1) is 5.92 Å². The van der Waals surface area contributed by atoms with E-state index in [1.165, 1.54) is 29.4 Å². The molecule has 0 aromatic heterocycles. The Labute approximate surface area is 187 Å². The Kier molecular flexibility index (Phi) is 6.40. The van der Waals surface area contributed by atoms with Gasteiger partial charge in [0.25, 0.3) is 0 Å². The lowest BCUT2D eigenvalue weighted by Crippen LogP contribution is -2.73. The van der Waals surface area contributed by atoms with Gasteiger partial charge in [0, 0.05) is 46.0 Å². The van der Waals surface area contributed by atoms with E-state index in [9.17, 15) is 14.4 Å². The molecule has 31 heavy (non-hydrogen) atoms. The van der Waals surface area contributed by atoms with Crippen LogP contribution in [-0.4, -0.2) is 96.3 Å². The van der Waals surface area contributed by atoms with Gasteiger partial charge in [-0.15, -0.1) is 11.8 Å². The highest BCUT2D eigenvalue weighted by molar-refractivity contribution is 8.00. The Bertz CT molecular complexity index is 832. The van der Waals surface area contributed by atoms with E-state index in [2.05, 4.69) is 27.7 Å². The Morgan fingerprint density at radius 1 is 1.06 bits per heavy atom. The second kappa shape index (κ2) is 9.05. The molecule has 3 fully saturated rings. The van der Waals surface area contributed by atoms with Gasteiger partial charge in [-0.1, -0.05) is 18.2 Å². The van der Waals surface area contributed by atoms with Gasteiger partial charge in [-0.3, -0.25) is 25.1 Å². The molecular weight excluding hydrogens is 416 g/mol. The SMILES string of the molecule is CC1NC(SCC(=O)N2CCN(c3ccccc3)CC2)C2C(=O)N(C)C(=O)N(C)C2N1. The number of carbonyl (C=O) groups excluding carboxylic acids is 3. The number of amides is 4. The number of benzene rings is 1. The second-order valence-corrected chi connectivity index (χ2v) is 9.38. The summed E-state index contributed by atoms with van der Waals surface area (Å²) < 4.78 is 0. The number of imide groups is 1. The van der Waals surface area contributed by atoms with Crippen LogP contribution in [0.1, 0.15) is 6.92 Å². The van der Waals surface area contributed by atoms with Crippen molar-refractivity contribution in [1.29, 1.82) is 0 Å². The molecule has 0 radical (unpaired) electrons. The van der Waals surface area contributed by atoms with Crippen molar-refractivity contribution in [3.8, 4) is 0 Å². The average Bonchev–Trinajstić information content (AvgIpc) is 2.80. The van der Waals surface area contributed by atoms with Crippen LogP contribution in [-0.2, 0) is 9.59 Å². The highest BCUT2D eigenvalue weighted by Crippen LogP contribution is 2.31. The molecule has 4 amide bonds. The summed E-state index contributed by atoms with van der Waals surface area (Å²) in [6.45, 7) is 4.95. The molecule has 3 heterocycles. The third-order valence-electron chi connectivity index (χ3n) is 6.26. The first-order chi connectivity index (χ1) is 14.9. The van der Waals surface area contributed by atoms with E-state index in [1.807, 2.05) is 30.0 Å². The quantitative estimate of drug-likeness (QED) is 0.692. The van der Waals surface area contributed by atoms with E-state index in [1.54, 1.807) is 11.9 Å². The molecule has 3 aliphatic heterocycles. The molecule has 10 heteroatoms. The molecule has 0 aliphatic carbocycles. The Hall–Kier alpha value is -2.30. The van der Waals surface area contributed by atoms with E-state index in [0.717, 1.165) is 13.1 Å². The summed E-state index contributed by atoms with van der Waals surface area (Å²) in [5.41, 5.74) is 1.18. The van der Waals surface area contributed by atoms with Crippen LogP contribution in [0.4, 0.5) is 10.5 Å². The predicted octanol–water partition coefficient (Wildman–Crippen LogP) is 0.399. The van der Waals surface area contributed by atoms with Crippen molar-refractivity contribution in [1.82, 2.24) is 25.3 Å². The van der Waals surface area contributed by atoms with Gasteiger partial charge in [0.1, 0.15) is 0 Å². The summed E-state index contributed by atoms with van der Waals surface area (Å²) in [7, 11) is 3.21. The fourth-order valence-corrected chi connectivity index (χ4v) is 5.75. The summed E-state index contributed by atoms with van der Waals surface area (Å²) in [6.07, 6.45) is -0.454. The summed E-state index contributed by atoms with van der Waals surface area (Å²) in [6, 6.07) is 9.92. The van der Waals surface area contributed by atoms with Crippen molar-refractivity contribution < 1.29 is 14.4 Å². The van der Waals surface area contributed by atoms with E-state index in [0.29, 0.717) is 18.8 Å². The fraction of sp³-hybridized carbons (Fsp3) is 0.571. The first kappa shape index (κ1) is 21.9.